The molecule has 2 N–H and O–H groups in total. The van der Waals surface area contributed by atoms with E-state index in [1.54, 1.807) is 12.2 Å². The lowest BCUT2D eigenvalue weighted by Crippen LogP contribution is -2.57. The number of carbonyl (C=O) groups excluding carboxylic acids is 3. The van der Waals surface area contributed by atoms with Gasteiger partial charge in [0.1, 0.15) is 5.60 Å². The van der Waals surface area contributed by atoms with Gasteiger partial charge in [-0.25, -0.2) is 0 Å². The van der Waals surface area contributed by atoms with E-state index in [0.29, 0.717) is 12.8 Å². The predicted octanol–water partition coefficient (Wildman–Crippen LogP) is 3.17. The third kappa shape index (κ3) is 3.52. The van der Waals surface area contributed by atoms with Crippen molar-refractivity contribution in [2.45, 2.75) is 64.9 Å². The molecule has 2 fully saturated rings. The van der Waals surface area contributed by atoms with Gasteiger partial charge in [0.05, 0.1) is 12.8 Å². The van der Waals surface area contributed by atoms with Crippen molar-refractivity contribution in [3.63, 3.8) is 0 Å². The number of aliphatic carboxylic acids is 1. The van der Waals surface area contributed by atoms with Gasteiger partial charge in [-0.3, -0.25) is 19.2 Å². The molecule has 0 bridgehead atoms. The molecular formula is C26H32O7. The second kappa shape index (κ2) is 8.05. The molecule has 7 heteroatoms. The lowest BCUT2D eigenvalue weighted by Gasteiger charge is -2.53. The maximum atomic E-state index is 13.2. The van der Waals surface area contributed by atoms with Crippen LogP contribution in [-0.2, 0) is 23.9 Å². The molecule has 4 aliphatic rings. The van der Waals surface area contributed by atoms with Gasteiger partial charge in [0, 0.05) is 10.8 Å². The molecule has 2 saturated carbocycles. The normalized spacial score (nSPS) is 39.0. The van der Waals surface area contributed by atoms with Crippen LogP contribution in [0, 0.1) is 28.6 Å². The topological polar surface area (TPSA) is 118 Å². The van der Waals surface area contributed by atoms with Crippen molar-refractivity contribution in [1.82, 2.24) is 0 Å². The number of carbonyl (C=O) groups is 4. The van der Waals surface area contributed by atoms with Crippen molar-refractivity contribution in [2.24, 2.45) is 28.6 Å². The Balaban J connectivity index is 1.58. The van der Waals surface area contributed by atoms with Crippen LogP contribution >= 0.6 is 0 Å². The molecule has 0 aromatic carbocycles. The van der Waals surface area contributed by atoms with Gasteiger partial charge in [-0.05, 0) is 62.5 Å². The number of fused-ring (bicyclic) bond motifs is 5. The third-order valence-corrected chi connectivity index (χ3v) is 8.86. The van der Waals surface area contributed by atoms with E-state index in [0.717, 1.165) is 18.4 Å². The summed E-state index contributed by atoms with van der Waals surface area (Å²) in [6.45, 7) is 5.43. The Kier molecular flexibility index (Phi) is 5.76. The maximum Gasteiger partial charge on any atom is 0.306 e. The minimum absolute atomic E-state index is 0.0227. The van der Waals surface area contributed by atoms with E-state index in [1.807, 2.05) is 19.9 Å². The van der Waals surface area contributed by atoms with E-state index in [9.17, 15) is 24.3 Å². The summed E-state index contributed by atoms with van der Waals surface area (Å²) in [4.78, 5) is 47.6. The molecular weight excluding hydrogens is 424 g/mol. The fraction of sp³-hybridized carbons (Fsp3) is 0.615. The number of esters is 1. The second-order valence-corrected chi connectivity index (χ2v) is 10.5. The van der Waals surface area contributed by atoms with Gasteiger partial charge >= 0.3 is 11.9 Å². The molecule has 4 aliphatic carbocycles. The molecule has 0 heterocycles. The summed E-state index contributed by atoms with van der Waals surface area (Å²) in [6.07, 6.45) is 9.75. The summed E-state index contributed by atoms with van der Waals surface area (Å²) < 4.78 is 5.03. The molecule has 0 aromatic rings. The Hall–Kier alpha value is -2.54. The zero-order chi connectivity index (χ0) is 24.2. The van der Waals surface area contributed by atoms with Crippen molar-refractivity contribution in [1.29, 1.82) is 0 Å². The van der Waals surface area contributed by atoms with Gasteiger partial charge in [0.25, 0.3) is 0 Å². The van der Waals surface area contributed by atoms with Crippen LogP contribution in [0.3, 0.4) is 0 Å². The van der Waals surface area contributed by atoms with E-state index in [2.05, 4.69) is 13.0 Å². The van der Waals surface area contributed by atoms with E-state index >= 15 is 0 Å². The Labute approximate surface area is 193 Å². The Morgan fingerprint density at radius 2 is 1.94 bits per heavy atom. The van der Waals surface area contributed by atoms with Gasteiger partial charge < -0.3 is 14.9 Å². The summed E-state index contributed by atoms with van der Waals surface area (Å²) in [6, 6.07) is 0. The Morgan fingerprint density at radius 3 is 2.64 bits per heavy atom. The van der Waals surface area contributed by atoms with Crippen LogP contribution in [0.4, 0.5) is 0 Å². The molecule has 33 heavy (non-hydrogen) atoms. The molecule has 0 amide bonds. The fourth-order valence-electron chi connectivity index (χ4n) is 7.00. The highest BCUT2D eigenvalue weighted by atomic mass is 16.5. The molecule has 4 rings (SSSR count). The first-order chi connectivity index (χ1) is 15.4. The molecule has 0 aromatic heterocycles. The van der Waals surface area contributed by atoms with Crippen LogP contribution in [0.2, 0.25) is 0 Å². The average Bonchev–Trinajstić information content (AvgIpc) is 2.98. The number of carboxylic acids is 1. The maximum absolute atomic E-state index is 13.2. The van der Waals surface area contributed by atoms with Crippen LogP contribution in [0.25, 0.3) is 0 Å². The molecule has 0 aliphatic heterocycles. The number of allylic oxidation sites excluding steroid dienone is 6. The molecule has 0 unspecified atom stereocenters. The highest BCUT2D eigenvalue weighted by Crippen LogP contribution is 2.66. The largest absolute Gasteiger partial charge is 0.481 e. The van der Waals surface area contributed by atoms with Gasteiger partial charge in [-0.1, -0.05) is 37.1 Å². The highest BCUT2D eigenvalue weighted by molar-refractivity contribution is 6.01. The molecule has 0 saturated heterocycles. The molecule has 0 spiro atoms. The second-order valence-electron chi connectivity index (χ2n) is 10.5. The van der Waals surface area contributed by atoms with Crippen molar-refractivity contribution in [3.05, 3.63) is 35.5 Å². The number of aliphatic hydroxyl groups is 1. The van der Waals surface area contributed by atoms with E-state index in [1.165, 1.54) is 5.57 Å². The number of carboxylic acid groups (broad SMARTS) is 1. The van der Waals surface area contributed by atoms with Crippen LogP contribution < -0.4 is 0 Å². The number of hydrogen-bond acceptors (Lipinski definition) is 6. The van der Waals surface area contributed by atoms with Crippen LogP contribution in [0.15, 0.2) is 35.5 Å². The van der Waals surface area contributed by atoms with Crippen molar-refractivity contribution < 1.29 is 34.1 Å². The summed E-state index contributed by atoms with van der Waals surface area (Å²) >= 11 is 0. The van der Waals surface area contributed by atoms with E-state index < -0.39 is 35.3 Å². The summed E-state index contributed by atoms with van der Waals surface area (Å²) in [5.41, 5.74) is -0.229. The first-order valence-electron chi connectivity index (χ1n) is 11.7. The van der Waals surface area contributed by atoms with E-state index in [4.69, 9.17) is 9.84 Å². The SMILES string of the molecule is C[C@H]1C[C@H]2[C@@H]3CCC4=CC(=O)C=C[C@]4(C)C3=CC[C@]2(C)[C@@]1(O)C(=O)COC(=O)CCC(=O)O. The minimum Gasteiger partial charge on any atom is -0.481 e. The van der Waals surface area contributed by atoms with Crippen LogP contribution in [0.1, 0.15) is 59.3 Å². The lowest BCUT2D eigenvalue weighted by atomic mass is 9.51. The Morgan fingerprint density at radius 1 is 1.21 bits per heavy atom. The smallest absolute Gasteiger partial charge is 0.306 e. The van der Waals surface area contributed by atoms with Crippen molar-refractivity contribution >= 4 is 23.5 Å². The number of ether oxygens (including phenoxy) is 1. The molecule has 178 valence electrons. The van der Waals surface area contributed by atoms with Gasteiger partial charge in [0.2, 0.25) is 5.78 Å². The number of ketones is 2. The molecule has 7 nitrogen and oxygen atoms in total. The first-order valence-corrected chi connectivity index (χ1v) is 11.7. The van der Waals surface area contributed by atoms with Crippen molar-refractivity contribution in [2.75, 3.05) is 6.61 Å². The number of rotatable bonds is 6. The van der Waals surface area contributed by atoms with Crippen LogP contribution in [-0.4, -0.2) is 45.9 Å². The quantitative estimate of drug-likeness (QED) is 0.465. The fourth-order valence-corrected chi connectivity index (χ4v) is 7.00. The predicted molar refractivity (Wildman–Crippen MR) is 119 cm³/mol. The first kappa shape index (κ1) is 23.6. The summed E-state index contributed by atoms with van der Waals surface area (Å²) in [5.74, 6) is -2.39. The van der Waals surface area contributed by atoms with Gasteiger partial charge in [0.15, 0.2) is 12.4 Å². The number of Topliss-reactive ketones (excluding diaryl/α,β-unsaturated/α-hetero) is 1. The number of hydrogen-bond donors (Lipinski definition) is 2. The highest BCUT2D eigenvalue weighted by Gasteiger charge is 2.67. The van der Waals surface area contributed by atoms with Gasteiger partial charge in [-0.2, -0.15) is 0 Å². The monoisotopic (exact) mass is 456 g/mol. The average molecular weight is 457 g/mol. The zero-order valence-corrected chi connectivity index (χ0v) is 19.4. The van der Waals surface area contributed by atoms with Gasteiger partial charge in [-0.15, -0.1) is 0 Å². The molecule has 0 radical (unpaired) electrons. The third-order valence-electron chi connectivity index (χ3n) is 8.86. The Bertz CT molecular complexity index is 1000. The van der Waals surface area contributed by atoms with Crippen molar-refractivity contribution in [3.8, 4) is 0 Å². The van der Waals surface area contributed by atoms with E-state index in [-0.39, 0.29) is 41.8 Å². The summed E-state index contributed by atoms with van der Waals surface area (Å²) in [7, 11) is 0. The molecule has 6 atom stereocenters. The minimum atomic E-state index is -1.64. The summed E-state index contributed by atoms with van der Waals surface area (Å²) in [5, 5.41) is 20.5. The van der Waals surface area contributed by atoms with Crippen LogP contribution in [0.5, 0.6) is 0 Å². The lowest BCUT2D eigenvalue weighted by molar-refractivity contribution is -0.168. The zero-order valence-electron chi connectivity index (χ0n) is 19.4. The standard InChI is InChI=1S/C26H32O7/c1-15-12-20-18-5-4-16-13-17(27)8-10-24(16,2)19(18)9-11-25(20,3)26(15,32)21(28)14-33-23(31)7-6-22(29)30/h8-10,13,15,18,20,32H,4-7,11-12,14H2,1-3H3,(H,29,30)/t15-,18+,20-,24-,25-,26-/m0/s1.